The van der Waals surface area contributed by atoms with Crippen LogP contribution in [0, 0.1) is 0 Å². The number of carbonyl (C=O) groups excluding carboxylic acids is 1. The van der Waals surface area contributed by atoms with Crippen LogP contribution < -0.4 is 9.47 Å². The Balaban J connectivity index is 3.28. The highest BCUT2D eigenvalue weighted by Crippen LogP contribution is 2.35. The minimum Gasteiger partial charge on any atom is -0.491 e. The van der Waals surface area contributed by atoms with Crippen molar-refractivity contribution in [2.75, 3.05) is 14.2 Å². The van der Waals surface area contributed by atoms with Gasteiger partial charge in [-0.05, 0) is 0 Å². The molecule has 0 aromatic carbocycles. The van der Waals surface area contributed by atoms with Crippen molar-refractivity contribution in [1.82, 2.24) is 4.98 Å². The lowest BCUT2D eigenvalue weighted by atomic mass is 10.1. The van der Waals surface area contributed by atoms with Crippen LogP contribution in [0.15, 0.2) is 6.20 Å². The van der Waals surface area contributed by atoms with Gasteiger partial charge in [-0.15, -0.1) is 13.2 Å². The van der Waals surface area contributed by atoms with Gasteiger partial charge in [0.05, 0.1) is 20.6 Å². The number of methoxy groups -OCH3 is 2. The van der Waals surface area contributed by atoms with Crippen LogP contribution >= 0.6 is 0 Å². The highest BCUT2D eigenvalue weighted by atomic mass is 19.4. The normalized spacial score (nSPS) is 11.1. The van der Waals surface area contributed by atoms with Crippen molar-refractivity contribution < 1.29 is 36.6 Å². The topological polar surface area (TPSA) is 57.7 Å². The predicted octanol–water partition coefficient (Wildman–Crippen LogP) is 2.17. The lowest BCUT2D eigenvalue weighted by Crippen LogP contribution is -2.19. The number of alkyl halides is 4. The summed E-state index contributed by atoms with van der Waals surface area (Å²) < 4.78 is 62.3. The summed E-state index contributed by atoms with van der Waals surface area (Å²) in [6, 6.07) is 0. The molecule has 112 valence electrons. The van der Waals surface area contributed by atoms with Crippen molar-refractivity contribution in [3.8, 4) is 11.6 Å². The summed E-state index contributed by atoms with van der Waals surface area (Å²) in [5.41, 5.74) is -0.183. The number of hydrogen-bond acceptors (Lipinski definition) is 5. The summed E-state index contributed by atoms with van der Waals surface area (Å²) in [6.07, 6.45) is -4.60. The molecule has 1 rings (SSSR count). The van der Waals surface area contributed by atoms with Crippen LogP contribution in [0.1, 0.15) is 11.1 Å². The Morgan fingerprint density at radius 3 is 2.45 bits per heavy atom. The van der Waals surface area contributed by atoms with Gasteiger partial charge in [-0.25, -0.2) is 9.37 Å². The fourth-order valence-corrected chi connectivity index (χ4v) is 1.47. The molecular weight excluding hydrogens is 286 g/mol. The first-order valence-corrected chi connectivity index (χ1v) is 5.25. The second-order valence-electron chi connectivity index (χ2n) is 3.53. The van der Waals surface area contributed by atoms with Crippen molar-refractivity contribution in [2.24, 2.45) is 0 Å². The van der Waals surface area contributed by atoms with Crippen LogP contribution in [0.25, 0.3) is 0 Å². The lowest BCUT2D eigenvalue weighted by molar-refractivity contribution is -0.276. The fraction of sp³-hybridized carbons (Fsp3) is 0.455. The van der Waals surface area contributed by atoms with Crippen molar-refractivity contribution in [1.29, 1.82) is 0 Å². The first kappa shape index (κ1) is 16.0. The van der Waals surface area contributed by atoms with Gasteiger partial charge >= 0.3 is 12.3 Å². The molecule has 9 heteroatoms. The molecule has 0 unspecified atom stereocenters. The van der Waals surface area contributed by atoms with E-state index in [4.69, 9.17) is 4.74 Å². The zero-order valence-electron chi connectivity index (χ0n) is 10.6. The minimum atomic E-state index is -4.99. The Hall–Kier alpha value is -2.06. The van der Waals surface area contributed by atoms with Crippen molar-refractivity contribution in [2.45, 2.75) is 19.5 Å². The Morgan fingerprint density at radius 2 is 2.00 bits per heavy atom. The second-order valence-corrected chi connectivity index (χ2v) is 3.53. The number of carbonyl (C=O) groups is 1. The van der Waals surface area contributed by atoms with Gasteiger partial charge in [0.25, 0.3) is 5.88 Å². The first-order chi connectivity index (χ1) is 9.32. The summed E-state index contributed by atoms with van der Waals surface area (Å²) in [6.45, 7) is -1.03. The zero-order chi connectivity index (χ0) is 15.3. The van der Waals surface area contributed by atoms with E-state index in [1.807, 2.05) is 0 Å². The molecule has 20 heavy (non-hydrogen) atoms. The van der Waals surface area contributed by atoms with Crippen LogP contribution in [0.2, 0.25) is 0 Å². The average molecular weight is 297 g/mol. The molecule has 0 radical (unpaired) electrons. The third-order valence-electron chi connectivity index (χ3n) is 2.30. The van der Waals surface area contributed by atoms with Crippen LogP contribution in [-0.2, 0) is 22.6 Å². The monoisotopic (exact) mass is 297 g/mol. The van der Waals surface area contributed by atoms with E-state index in [0.717, 1.165) is 20.4 Å². The molecule has 1 aromatic rings. The lowest BCUT2D eigenvalue weighted by Gasteiger charge is -2.16. The van der Waals surface area contributed by atoms with Gasteiger partial charge < -0.3 is 14.2 Å². The number of halogens is 4. The van der Waals surface area contributed by atoms with Crippen LogP contribution in [0.3, 0.4) is 0 Å². The third kappa shape index (κ3) is 3.97. The van der Waals surface area contributed by atoms with Gasteiger partial charge in [0.2, 0.25) is 0 Å². The van der Waals surface area contributed by atoms with Gasteiger partial charge in [-0.2, -0.15) is 0 Å². The van der Waals surface area contributed by atoms with E-state index >= 15 is 0 Å². The second kappa shape index (κ2) is 6.40. The highest BCUT2D eigenvalue weighted by molar-refractivity contribution is 5.74. The molecule has 5 nitrogen and oxygen atoms in total. The summed E-state index contributed by atoms with van der Waals surface area (Å²) in [7, 11) is 2.15. The maximum Gasteiger partial charge on any atom is 0.574 e. The van der Waals surface area contributed by atoms with Gasteiger partial charge in [0, 0.05) is 17.3 Å². The number of rotatable bonds is 5. The number of ether oxygens (including phenoxy) is 3. The Labute approximate surface area is 111 Å². The third-order valence-corrected chi connectivity index (χ3v) is 2.30. The molecule has 0 amide bonds. The molecule has 0 fully saturated rings. The van der Waals surface area contributed by atoms with Crippen LogP contribution in [0.5, 0.6) is 11.6 Å². The fourth-order valence-electron chi connectivity index (χ4n) is 1.47. The van der Waals surface area contributed by atoms with Crippen LogP contribution in [-0.4, -0.2) is 31.5 Å². The first-order valence-electron chi connectivity index (χ1n) is 5.25. The predicted molar refractivity (Wildman–Crippen MR) is 58.0 cm³/mol. The highest BCUT2D eigenvalue weighted by Gasteiger charge is 2.34. The largest absolute Gasteiger partial charge is 0.574 e. The maximum absolute atomic E-state index is 12.8. The Bertz CT molecular complexity index is 490. The van der Waals surface area contributed by atoms with E-state index in [0.29, 0.717) is 0 Å². The summed E-state index contributed by atoms with van der Waals surface area (Å²) >= 11 is 0. The van der Waals surface area contributed by atoms with E-state index < -0.39 is 37.1 Å². The molecular formula is C11H11F4NO4. The summed E-state index contributed by atoms with van der Waals surface area (Å²) in [5.74, 6) is -2.11. The molecule has 1 heterocycles. The molecule has 0 N–H and O–H groups in total. The van der Waals surface area contributed by atoms with Crippen molar-refractivity contribution in [3.05, 3.63) is 17.3 Å². The summed E-state index contributed by atoms with van der Waals surface area (Å²) in [5, 5.41) is 0. The van der Waals surface area contributed by atoms with E-state index in [9.17, 15) is 22.4 Å². The van der Waals surface area contributed by atoms with Gasteiger partial charge in [0.15, 0.2) is 5.75 Å². The number of esters is 1. The molecule has 1 aromatic heterocycles. The number of nitrogens with zero attached hydrogens (tertiary/aromatic N) is 1. The Morgan fingerprint density at radius 1 is 1.35 bits per heavy atom. The van der Waals surface area contributed by atoms with Crippen molar-refractivity contribution in [3.63, 3.8) is 0 Å². The SMILES string of the molecule is COC(=O)Cc1c(CF)cnc(OC(F)(F)F)c1OC. The minimum absolute atomic E-state index is 0.0817. The van der Waals surface area contributed by atoms with E-state index in [2.05, 4.69) is 14.5 Å². The molecule has 0 aliphatic carbocycles. The molecule has 0 aliphatic heterocycles. The average Bonchev–Trinajstić information content (AvgIpc) is 2.37. The molecule has 0 atom stereocenters. The number of hydrogen-bond donors (Lipinski definition) is 0. The smallest absolute Gasteiger partial charge is 0.491 e. The number of aromatic nitrogens is 1. The maximum atomic E-state index is 12.8. The Kier molecular flexibility index (Phi) is 5.12. The molecule has 0 bridgehead atoms. The quantitative estimate of drug-likeness (QED) is 0.616. The molecule has 0 spiro atoms. The van der Waals surface area contributed by atoms with E-state index in [-0.39, 0.29) is 11.1 Å². The standard InChI is InChI=1S/C11H11F4NO4/c1-18-8(17)3-7-6(4-12)5-16-10(9(7)19-2)20-11(13,14)15/h5H,3-4H2,1-2H3. The zero-order valence-corrected chi connectivity index (χ0v) is 10.6. The van der Waals surface area contributed by atoms with Crippen molar-refractivity contribution >= 4 is 5.97 Å². The van der Waals surface area contributed by atoms with Gasteiger partial charge in [-0.1, -0.05) is 0 Å². The van der Waals surface area contributed by atoms with Gasteiger partial charge in [0.1, 0.15) is 6.67 Å². The van der Waals surface area contributed by atoms with E-state index in [1.165, 1.54) is 0 Å². The van der Waals surface area contributed by atoms with E-state index in [1.54, 1.807) is 0 Å². The number of pyridine rings is 1. The molecule has 0 aliphatic rings. The molecule has 0 saturated heterocycles. The van der Waals surface area contributed by atoms with Crippen LogP contribution in [0.4, 0.5) is 17.6 Å². The van der Waals surface area contributed by atoms with Gasteiger partial charge in [-0.3, -0.25) is 4.79 Å². The summed E-state index contributed by atoms with van der Waals surface area (Å²) in [4.78, 5) is 14.6. The molecule has 0 saturated carbocycles.